The number of allylic oxidation sites excluding steroid dienone is 4. The fourth-order valence-electron chi connectivity index (χ4n) is 2.01. The average molecular weight is 330 g/mol. The van der Waals surface area contributed by atoms with Gasteiger partial charge in [0.1, 0.15) is 5.02 Å². The summed E-state index contributed by atoms with van der Waals surface area (Å²) in [6.07, 6.45) is 2.62. The summed E-state index contributed by atoms with van der Waals surface area (Å²) in [6, 6.07) is 1.18. The second kappa shape index (κ2) is 8.06. The summed E-state index contributed by atoms with van der Waals surface area (Å²) in [5.41, 5.74) is -0.854. The molecule has 0 fully saturated rings. The van der Waals surface area contributed by atoms with E-state index in [1.165, 1.54) is 18.2 Å². The highest BCUT2D eigenvalue weighted by atomic mass is 35.5. The standard InChI is InChI=1S/C16H18ClF2NO2/c1-4-7-8-12(18)14(19)15-10(13(21)5-2)9-11(17)16(22)20(15)6-3/h4,7-9,13,21H,1,5-6H2,2-3H3/b8-7-,14-12+. The Hall–Kier alpha value is -1.72. The number of halogens is 3. The van der Waals surface area contributed by atoms with Crippen molar-refractivity contribution in [2.75, 3.05) is 0 Å². The third-order valence-electron chi connectivity index (χ3n) is 3.13. The Labute approximate surface area is 132 Å². The molecule has 0 saturated heterocycles. The number of rotatable bonds is 6. The van der Waals surface area contributed by atoms with Crippen molar-refractivity contribution in [1.82, 2.24) is 4.57 Å². The van der Waals surface area contributed by atoms with Gasteiger partial charge in [0, 0.05) is 12.1 Å². The molecule has 0 amide bonds. The largest absolute Gasteiger partial charge is 0.388 e. The van der Waals surface area contributed by atoms with E-state index in [0.29, 0.717) is 0 Å². The molecule has 0 radical (unpaired) electrons. The molecule has 0 bridgehead atoms. The molecule has 22 heavy (non-hydrogen) atoms. The van der Waals surface area contributed by atoms with Crippen LogP contribution in [0.15, 0.2) is 41.5 Å². The number of pyridine rings is 1. The zero-order chi connectivity index (χ0) is 16.9. The van der Waals surface area contributed by atoms with Crippen molar-refractivity contribution in [2.24, 2.45) is 0 Å². The first-order chi connectivity index (χ1) is 10.4. The highest BCUT2D eigenvalue weighted by Crippen LogP contribution is 2.31. The molecule has 1 N–H and O–H groups in total. The van der Waals surface area contributed by atoms with Gasteiger partial charge in [0.25, 0.3) is 5.56 Å². The van der Waals surface area contributed by atoms with E-state index in [1.807, 2.05) is 0 Å². The fourth-order valence-corrected chi connectivity index (χ4v) is 2.23. The van der Waals surface area contributed by atoms with Crippen LogP contribution in [0.2, 0.25) is 5.02 Å². The van der Waals surface area contributed by atoms with Gasteiger partial charge in [-0.3, -0.25) is 4.79 Å². The summed E-state index contributed by atoms with van der Waals surface area (Å²) in [6.45, 7) is 6.74. The molecule has 0 aromatic carbocycles. The number of hydrogen-bond donors (Lipinski definition) is 1. The molecule has 3 nitrogen and oxygen atoms in total. The van der Waals surface area contributed by atoms with Crippen LogP contribution in [0.1, 0.15) is 37.6 Å². The van der Waals surface area contributed by atoms with E-state index in [-0.39, 0.29) is 29.2 Å². The molecule has 6 heteroatoms. The second-order valence-corrected chi connectivity index (χ2v) is 4.93. The van der Waals surface area contributed by atoms with E-state index in [2.05, 4.69) is 6.58 Å². The molecule has 1 unspecified atom stereocenters. The molecule has 1 aromatic rings. The maximum Gasteiger partial charge on any atom is 0.269 e. The molecule has 0 aliphatic carbocycles. The minimum atomic E-state index is -1.23. The first kappa shape index (κ1) is 18.3. The quantitative estimate of drug-likeness (QED) is 0.790. The van der Waals surface area contributed by atoms with Crippen molar-refractivity contribution in [3.63, 3.8) is 0 Å². The molecule has 0 aliphatic rings. The Morgan fingerprint density at radius 2 is 2.14 bits per heavy atom. The van der Waals surface area contributed by atoms with Gasteiger partial charge in [0.2, 0.25) is 0 Å². The highest BCUT2D eigenvalue weighted by molar-refractivity contribution is 6.30. The van der Waals surface area contributed by atoms with Gasteiger partial charge in [0.05, 0.1) is 11.8 Å². The van der Waals surface area contributed by atoms with E-state index in [0.717, 1.165) is 10.6 Å². The lowest BCUT2D eigenvalue weighted by Crippen LogP contribution is -2.25. The van der Waals surface area contributed by atoms with Crippen LogP contribution in [-0.4, -0.2) is 9.67 Å². The van der Waals surface area contributed by atoms with Crippen LogP contribution in [0.25, 0.3) is 5.83 Å². The predicted molar refractivity (Wildman–Crippen MR) is 85.1 cm³/mol. The molecule has 0 aliphatic heterocycles. The van der Waals surface area contributed by atoms with Gasteiger partial charge in [-0.15, -0.1) is 0 Å². The van der Waals surface area contributed by atoms with Crippen LogP contribution < -0.4 is 5.56 Å². The van der Waals surface area contributed by atoms with Crippen LogP contribution in [0.4, 0.5) is 8.78 Å². The number of aliphatic hydroxyl groups is 1. The summed E-state index contributed by atoms with van der Waals surface area (Å²) >= 11 is 5.83. The molecule has 0 spiro atoms. The van der Waals surface area contributed by atoms with Gasteiger partial charge >= 0.3 is 0 Å². The summed E-state index contributed by atoms with van der Waals surface area (Å²) in [4.78, 5) is 12.0. The topological polar surface area (TPSA) is 42.2 Å². The van der Waals surface area contributed by atoms with E-state index < -0.39 is 23.3 Å². The third kappa shape index (κ3) is 3.72. The molecule has 1 heterocycles. The van der Waals surface area contributed by atoms with E-state index in [9.17, 15) is 18.7 Å². The molecule has 1 atom stereocenters. The van der Waals surface area contributed by atoms with Crippen LogP contribution in [0.5, 0.6) is 0 Å². The third-order valence-corrected chi connectivity index (χ3v) is 3.40. The Kier molecular flexibility index (Phi) is 6.71. The molecular formula is C16H18ClF2NO2. The number of hydrogen-bond acceptors (Lipinski definition) is 2. The maximum absolute atomic E-state index is 14.5. The van der Waals surface area contributed by atoms with Crippen LogP contribution in [-0.2, 0) is 6.54 Å². The lowest BCUT2D eigenvalue weighted by molar-refractivity contribution is 0.172. The summed E-state index contributed by atoms with van der Waals surface area (Å²) in [5.74, 6) is -2.38. The van der Waals surface area contributed by atoms with Crippen LogP contribution in [0, 0.1) is 0 Å². The Bertz CT molecular complexity index is 677. The molecule has 1 rings (SSSR count). The minimum absolute atomic E-state index is 0.0774. The van der Waals surface area contributed by atoms with Crippen molar-refractivity contribution in [3.05, 3.63) is 63.3 Å². The SMILES string of the molecule is C=C/C=C\C(F)=C(/F)c1c(C(O)CC)cc(Cl)c(=O)n1CC. The fraction of sp³-hybridized carbons (Fsp3) is 0.312. The Balaban J connectivity index is 3.76. The van der Waals surface area contributed by atoms with Crippen molar-refractivity contribution in [3.8, 4) is 0 Å². The van der Waals surface area contributed by atoms with E-state index in [4.69, 9.17) is 11.6 Å². The lowest BCUT2D eigenvalue weighted by atomic mass is 10.0. The zero-order valence-corrected chi connectivity index (χ0v) is 13.2. The maximum atomic E-state index is 14.5. The van der Waals surface area contributed by atoms with Gasteiger partial charge in [0.15, 0.2) is 11.7 Å². The van der Waals surface area contributed by atoms with Crippen LogP contribution >= 0.6 is 11.6 Å². The van der Waals surface area contributed by atoms with Crippen molar-refractivity contribution >= 4 is 17.4 Å². The summed E-state index contributed by atoms with van der Waals surface area (Å²) in [7, 11) is 0. The van der Waals surface area contributed by atoms with E-state index >= 15 is 0 Å². The molecule has 120 valence electrons. The monoisotopic (exact) mass is 329 g/mol. The lowest BCUT2D eigenvalue weighted by Gasteiger charge is -2.18. The second-order valence-electron chi connectivity index (χ2n) is 4.53. The number of nitrogens with zero attached hydrogens (tertiary/aromatic N) is 1. The summed E-state index contributed by atoms with van der Waals surface area (Å²) < 4.78 is 29.4. The normalized spacial score (nSPS) is 14.1. The average Bonchev–Trinajstić information content (AvgIpc) is 2.52. The predicted octanol–water partition coefficient (Wildman–Crippen LogP) is 4.31. The van der Waals surface area contributed by atoms with Crippen molar-refractivity contribution in [1.29, 1.82) is 0 Å². The van der Waals surface area contributed by atoms with Gasteiger partial charge in [-0.2, -0.15) is 0 Å². The van der Waals surface area contributed by atoms with Gasteiger partial charge in [-0.05, 0) is 25.5 Å². The van der Waals surface area contributed by atoms with Gasteiger partial charge < -0.3 is 9.67 Å². The van der Waals surface area contributed by atoms with Crippen LogP contribution in [0.3, 0.4) is 0 Å². The van der Waals surface area contributed by atoms with Gasteiger partial charge in [-0.25, -0.2) is 8.78 Å². The zero-order valence-electron chi connectivity index (χ0n) is 12.4. The smallest absolute Gasteiger partial charge is 0.269 e. The van der Waals surface area contributed by atoms with Gasteiger partial charge in [-0.1, -0.05) is 37.3 Å². The Morgan fingerprint density at radius 3 is 2.64 bits per heavy atom. The Morgan fingerprint density at radius 1 is 1.50 bits per heavy atom. The molecule has 1 aromatic heterocycles. The minimum Gasteiger partial charge on any atom is -0.388 e. The first-order valence-electron chi connectivity index (χ1n) is 6.84. The van der Waals surface area contributed by atoms with Crippen molar-refractivity contribution < 1.29 is 13.9 Å². The summed E-state index contributed by atoms with van der Waals surface area (Å²) in [5, 5.41) is 9.88. The molecular weight excluding hydrogens is 312 g/mol. The number of aromatic nitrogens is 1. The van der Waals surface area contributed by atoms with E-state index in [1.54, 1.807) is 13.8 Å². The molecule has 0 saturated carbocycles. The highest BCUT2D eigenvalue weighted by Gasteiger charge is 2.23. The number of aliphatic hydroxyl groups excluding tert-OH is 1. The van der Waals surface area contributed by atoms with Crippen molar-refractivity contribution in [2.45, 2.75) is 32.9 Å². The first-order valence-corrected chi connectivity index (χ1v) is 7.22.